The van der Waals surface area contributed by atoms with E-state index in [1.54, 1.807) is 11.3 Å². The summed E-state index contributed by atoms with van der Waals surface area (Å²) >= 11 is 8.62. The Morgan fingerprint density at radius 3 is 3.00 bits per heavy atom. The zero-order valence-corrected chi connectivity index (χ0v) is 12.1. The molecule has 0 aliphatic heterocycles. The molecule has 2 aromatic heterocycles. The molecule has 1 amide bonds. The van der Waals surface area contributed by atoms with Crippen LogP contribution < -0.4 is 5.32 Å². The molecule has 0 atom stereocenters. The molecule has 0 aliphatic rings. The molecule has 0 aliphatic carbocycles. The second-order valence-electron chi connectivity index (χ2n) is 3.61. The molecule has 2 heterocycles. The first-order chi connectivity index (χ1) is 8.58. The van der Waals surface area contributed by atoms with E-state index in [2.05, 4.69) is 16.9 Å². The van der Waals surface area contributed by atoms with Gasteiger partial charge in [0.05, 0.1) is 17.1 Å². The maximum absolute atomic E-state index is 11.9. The van der Waals surface area contributed by atoms with E-state index in [0.717, 1.165) is 15.6 Å². The lowest BCUT2D eigenvalue weighted by Crippen LogP contribution is -2.24. The minimum Gasteiger partial charge on any atom is -0.346 e. The standard InChI is InChI=1S/C12H11ClN2OS2/c1-7(13)6-14-11(16)10-8(2)15-12(18-10)9-4-3-5-17-9/h3-5H,1,6H2,2H3,(H,14,16). The largest absolute Gasteiger partial charge is 0.346 e. The maximum Gasteiger partial charge on any atom is 0.263 e. The van der Waals surface area contributed by atoms with Crippen molar-refractivity contribution in [2.24, 2.45) is 0 Å². The molecule has 2 aromatic rings. The molecule has 0 spiro atoms. The maximum atomic E-state index is 11.9. The molecule has 3 nitrogen and oxygen atoms in total. The van der Waals surface area contributed by atoms with E-state index in [1.807, 2.05) is 24.4 Å². The van der Waals surface area contributed by atoms with Crippen LogP contribution in [0.2, 0.25) is 0 Å². The number of halogens is 1. The average molecular weight is 299 g/mol. The Balaban J connectivity index is 2.19. The van der Waals surface area contributed by atoms with Gasteiger partial charge in [-0.05, 0) is 18.4 Å². The lowest BCUT2D eigenvalue weighted by molar-refractivity contribution is 0.0961. The summed E-state index contributed by atoms with van der Waals surface area (Å²) in [4.78, 5) is 18.0. The van der Waals surface area contributed by atoms with Crippen LogP contribution in [0.5, 0.6) is 0 Å². The summed E-state index contributed by atoms with van der Waals surface area (Å²) in [6.07, 6.45) is 0. The Hall–Kier alpha value is -1.17. The molecule has 6 heteroatoms. The number of carbonyl (C=O) groups is 1. The minimum absolute atomic E-state index is 0.158. The van der Waals surface area contributed by atoms with Crippen molar-refractivity contribution in [1.29, 1.82) is 0 Å². The van der Waals surface area contributed by atoms with Gasteiger partial charge in [-0.2, -0.15) is 0 Å². The van der Waals surface area contributed by atoms with Gasteiger partial charge in [-0.15, -0.1) is 22.7 Å². The van der Waals surface area contributed by atoms with Crippen LogP contribution in [-0.4, -0.2) is 17.4 Å². The fourth-order valence-electron chi connectivity index (χ4n) is 1.37. The van der Waals surface area contributed by atoms with Gasteiger partial charge in [-0.25, -0.2) is 4.98 Å². The molecule has 0 unspecified atom stereocenters. The number of hydrogen-bond donors (Lipinski definition) is 1. The van der Waals surface area contributed by atoms with Crippen LogP contribution in [-0.2, 0) is 0 Å². The van der Waals surface area contributed by atoms with Gasteiger partial charge in [0.15, 0.2) is 0 Å². The van der Waals surface area contributed by atoms with E-state index in [4.69, 9.17) is 11.6 Å². The number of thiazole rings is 1. The second-order valence-corrected chi connectivity index (χ2v) is 6.09. The Morgan fingerprint density at radius 2 is 2.39 bits per heavy atom. The second kappa shape index (κ2) is 5.65. The highest BCUT2D eigenvalue weighted by molar-refractivity contribution is 7.22. The van der Waals surface area contributed by atoms with Crippen LogP contribution in [0.3, 0.4) is 0 Å². The zero-order valence-electron chi connectivity index (χ0n) is 9.70. The highest BCUT2D eigenvalue weighted by Crippen LogP contribution is 2.30. The van der Waals surface area contributed by atoms with Crippen molar-refractivity contribution in [2.75, 3.05) is 6.54 Å². The molecule has 1 N–H and O–H groups in total. The molecule has 2 rings (SSSR count). The van der Waals surface area contributed by atoms with E-state index >= 15 is 0 Å². The van der Waals surface area contributed by atoms with Gasteiger partial charge in [0, 0.05) is 5.03 Å². The predicted octanol–water partition coefficient (Wildman–Crippen LogP) is 3.66. The molecule has 0 bridgehead atoms. The van der Waals surface area contributed by atoms with Gasteiger partial charge in [0.2, 0.25) is 0 Å². The summed E-state index contributed by atoms with van der Waals surface area (Å²) in [7, 11) is 0. The summed E-state index contributed by atoms with van der Waals surface area (Å²) in [5.41, 5.74) is 0.737. The summed E-state index contributed by atoms with van der Waals surface area (Å²) in [6, 6.07) is 3.96. The van der Waals surface area contributed by atoms with Crippen LogP contribution in [0.15, 0.2) is 29.1 Å². The molecule has 0 fully saturated rings. The highest BCUT2D eigenvalue weighted by Gasteiger charge is 2.16. The van der Waals surface area contributed by atoms with Gasteiger partial charge >= 0.3 is 0 Å². The number of carbonyl (C=O) groups excluding carboxylic acids is 1. The molecule has 18 heavy (non-hydrogen) atoms. The van der Waals surface area contributed by atoms with Crippen molar-refractivity contribution in [3.8, 4) is 9.88 Å². The highest BCUT2D eigenvalue weighted by atomic mass is 35.5. The number of nitrogens with one attached hydrogen (secondary N) is 1. The molecule has 0 aromatic carbocycles. The van der Waals surface area contributed by atoms with Crippen molar-refractivity contribution in [3.63, 3.8) is 0 Å². The Bertz CT molecular complexity index is 575. The molecule has 0 saturated carbocycles. The molecular formula is C12H11ClN2OS2. The average Bonchev–Trinajstić information content (AvgIpc) is 2.94. The number of rotatable bonds is 4. The van der Waals surface area contributed by atoms with Crippen LogP contribution >= 0.6 is 34.3 Å². The van der Waals surface area contributed by atoms with E-state index in [-0.39, 0.29) is 12.5 Å². The Kier molecular flexibility index (Phi) is 4.16. The van der Waals surface area contributed by atoms with Crippen LogP contribution in [0.25, 0.3) is 9.88 Å². The molecule has 0 radical (unpaired) electrons. The first-order valence-corrected chi connectivity index (χ1v) is 7.28. The van der Waals surface area contributed by atoms with E-state index in [1.165, 1.54) is 11.3 Å². The molecular weight excluding hydrogens is 288 g/mol. The van der Waals surface area contributed by atoms with Crippen molar-refractivity contribution < 1.29 is 4.79 Å². The lowest BCUT2D eigenvalue weighted by Gasteiger charge is -2.01. The quantitative estimate of drug-likeness (QED) is 0.936. The van der Waals surface area contributed by atoms with Crippen molar-refractivity contribution in [1.82, 2.24) is 10.3 Å². The number of aromatic nitrogens is 1. The van der Waals surface area contributed by atoms with E-state index in [0.29, 0.717) is 9.91 Å². The summed E-state index contributed by atoms with van der Waals surface area (Å²) < 4.78 is 0. The summed E-state index contributed by atoms with van der Waals surface area (Å²) in [5.74, 6) is -0.158. The summed E-state index contributed by atoms with van der Waals surface area (Å²) in [6.45, 7) is 5.63. The van der Waals surface area contributed by atoms with Crippen molar-refractivity contribution in [3.05, 3.63) is 39.7 Å². The SMILES string of the molecule is C=C(Cl)CNC(=O)c1sc(-c2cccs2)nc1C. The lowest BCUT2D eigenvalue weighted by atomic mass is 10.3. The summed E-state index contributed by atoms with van der Waals surface area (Å²) in [5, 5.41) is 5.97. The van der Waals surface area contributed by atoms with Crippen molar-refractivity contribution >= 4 is 40.2 Å². The van der Waals surface area contributed by atoms with Gasteiger partial charge in [-0.3, -0.25) is 4.79 Å². The number of amides is 1. The molecule has 0 saturated heterocycles. The fraction of sp³-hybridized carbons (Fsp3) is 0.167. The van der Waals surface area contributed by atoms with Gasteiger partial charge in [0.25, 0.3) is 5.91 Å². The number of thiophene rings is 1. The van der Waals surface area contributed by atoms with E-state index in [9.17, 15) is 4.79 Å². The third-order valence-electron chi connectivity index (χ3n) is 2.18. The third kappa shape index (κ3) is 2.98. The zero-order chi connectivity index (χ0) is 13.1. The van der Waals surface area contributed by atoms with Crippen molar-refractivity contribution in [2.45, 2.75) is 6.92 Å². The first-order valence-electron chi connectivity index (χ1n) is 5.20. The Labute approximate surface area is 118 Å². The van der Waals surface area contributed by atoms with Gasteiger partial charge in [0.1, 0.15) is 9.88 Å². The molecule has 94 valence electrons. The third-order valence-corrected chi connectivity index (χ3v) is 4.50. The van der Waals surface area contributed by atoms with Crippen LogP contribution in [0.1, 0.15) is 15.4 Å². The first kappa shape index (κ1) is 13.3. The number of hydrogen-bond acceptors (Lipinski definition) is 4. The number of nitrogens with zero attached hydrogens (tertiary/aromatic N) is 1. The van der Waals surface area contributed by atoms with Crippen LogP contribution in [0, 0.1) is 6.92 Å². The predicted molar refractivity (Wildman–Crippen MR) is 77.5 cm³/mol. The topological polar surface area (TPSA) is 42.0 Å². The Morgan fingerprint density at radius 1 is 1.61 bits per heavy atom. The van der Waals surface area contributed by atoms with Gasteiger partial charge < -0.3 is 5.32 Å². The smallest absolute Gasteiger partial charge is 0.263 e. The number of aryl methyl sites for hydroxylation is 1. The van der Waals surface area contributed by atoms with E-state index < -0.39 is 0 Å². The normalized spacial score (nSPS) is 10.3. The minimum atomic E-state index is -0.158. The van der Waals surface area contributed by atoms with Crippen LogP contribution in [0.4, 0.5) is 0 Å². The fourth-order valence-corrected chi connectivity index (χ4v) is 3.22. The van der Waals surface area contributed by atoms with Gasteiger partial charge in [-0.1, -0.05) is 24.2 Å². The monoisotopic (exact) mass is 298 g/mol.